The molecule has 0 saturated carbocycles. The monoisotopic (exact) mass is 378 g/mol. The van der Waals surface area contributed by atoms with Gasteiger partial charge in [0.2, 0.25) is 0 Å². The number of aliphatic hydroxyl groups excluding tert-OH is 1. The number of aromatic nitrogens is 3. The molecule has 0 aliphatic heterocycles. The summed E-state index contributed by atoms with van der Waals surface area (Å²) in [4.78, 5) is 8.83. The summed E-state index contributed by atoms with van der Waals surface area (Å²) in [7, 11) is 0. The van der Waals surface area contributed by atoms with Crippen LogP contribution in [0.15, 0.2) is 65.9 Å². The fourth-order valence-electron chi connectivity index (χ4n) is 2.84. The van der Waals surface area contributed by atoms with Crippen molar-refractivity contribution >= 4 is 5.96 Å². The standard InChI is InChI=1S/C21H26N6O/c1-2-22-21(23-12-11-19(28)17-8-4-3-5-9-17)24-14-16-7-6-10-18(13-16)20-25-15-26-27-20/h3-10,13,15,19,28H,2,11-12,14H2,1H3,(H2,22,23,24)(H,25,26,27). The Kier molecular flexibility index (Phi) is 7.14. The second-order valence-electron chi connectivity index (χ2n) is 6.37. The van der Waals surface area contributed by atoms with Gasteiger partial charge in [0.05, 0.1) is 12.6 Å². The van der Waals surface area contributed by atoms with Crippen molar-refractivity contribution in [2.75, 3.05) is 13.1 Å². The molecule has 7 nitrogen and oxygen atoms in total. The van der Waals surface area contributed by atoms with E-state index >= 15 is 0 Å². The Morgan fingerprint density at radius 1 is 1.14 bits per heavy atom. The van der Waals surface area contributed by atoms with Gasteiger partial charge in [0.25, 0.3) is 0 Å². The van der Waals surface area contributed by atoms with Gasteiger partial charge in [0.1, 0.15) is 6.33 Å². The zero-order valence-electron chi connectivity index (χ0n) is 16.0. The van der Waals surface area contributed by atoms with Crippen molar-refractivity contribution in [3.63, 3.8) is 0 Å². The van der Waals surface area contributed by atoms with Gasteiger partial charge in [-0.2, -0.15) is 5.10 Å². The molecule has 1 heterocycles. The lowest BCUT2D eigenvalue weighted by Crippen LogP contribution is -2.38. The Morgan fingerprint density at radius 2 is 2.00 bits per heavy atom. The van der Waals surface area contributed by atoms with Gasteiger partial charge in [0.15, 0.2) is 11.8 Å². The van der Waals surface area contributed by atoms with Crippen molar-refractivity contribution in [3.05, 3.63) is 72.1 Å². The molecule has 28 heavy (non-hydrogen) atoms. The largest absolute Gasteiger partial charge is 0.388 e. The third-order valence-corrected chi connectivity index (χ3v) is 4.27. The molecule has 3 rings (SSSR count). The smallest absolute Gasteiger partial charge is 0.191 e. The van der Waals surface area contributed by atoms with Crippen LogP contribution in [-0.4, -0.2) is 39.3 Å². The minimum atomic E-state index is -0.491. The number of H-pyrrole nitrogens is 1. The van der Waals surface area contributed by atoms with Crippen LogP contribution in [0, 0.1) is 0 Å². The summed E-state index contributed by atoms with van der Waals surface area (Å²) in [5.41, 5.74) is 2.99. The van der Waals surface area contributed by atoms with Crippen molar-refractivity contribution in [1.82, 2.24) is 25.8 Å². The van der Waals surface area contributed by atoms with Gasteiger partial charge in [-0.15, -0.1) is 0 Å². The Labute approximate surface area is 165 Å². The Morgan fingerprint density at radius 3 is 2.75 bits per heavy atom. The predicted octanol–water partition coefficient (Wildman–Crippen LogP) is 2.65. The molecular formula is C21H26N6O. The SMILES string of the molecule is CCNC(=NCc1cccc(-c2ncn[nH]2)c1)NCCC(O)c1ccccc1. The number of benzene rings is 2. The Balaban J connectivity index is 1.56. The molecule has 0 spiro atoms. The average molecular weight is 378 g/mol. The van der Waals surface area contributed by atoms with E-state index in [0.717, 1.165) is 35.0 Å². The highest BCUT2D eigenvalue weighted by Gasteiger charge is 2.07. The van der Waals surface area contributed by atoms with E-state index < -0.39 is 6.10 Å². The highest BCUT2D eigenvalue weighted by Crippen LogP contribution is 2.16. The van der Waals surface area contributed by atoms with Crippen LogP contribution in [-0.2, 0) is 6.54 Å². The quantitative estimate of drug-likeness (QED) is 0.357. The molecule has 146 valence electrons. The first-order valence-electron chi connectivity index (χ1n) is 9.46. The lowest BCUT2D eigenvalue weighted by atomic mass is 10.1. The first kappa shape index (κ1) is 19.6. The molecule has 1 unspecified atom stereocenters. The Bertz CT molecular complexity index is 864. The fraction of sp³-hybridized carbons (Fsp3) is 0.286. The molecule has 0 saturated heterocycles. The summed E-state index contributed by atoms with van der Waals surface area (Å²) >= 11 is 0. The van der Waals surface area contributed by atoms with E-state index in [2.05, 4.69) is 30.8 Å². The lowest BCUT2D eigenvalue weighted by molar-refractivity contribution is 0.168. The highest BCUT2D eigenvalue weighted by atomic mass is 16.3. The van der Waals surface area contributed by atoms with Crippen LogP contribution in [0.1, 0.15) is 30.6 Å². The third kappa shape index (κ3) is 5.65. The first-order chi connectivity index (χ1) is 13.8. The number of aliphatic imine (C=N–C) groups is 1. The zero-order chi connectivity index (χ0) is 19.6. The van der Waals surface area contributed by atoms with E-state index in [1.54, 1.807) is 0 Å². The maximum absolute atomic E-state index is 10.3. The van der Waals surface area contributed by atoms with Crippen LogP contribution in [0.5, 0.6) is 0 Å². The van der Waals surface area contributed by atoms with Crippen molar-refractivity contribution < 1.29 is 5.11 Å². The average Bonchev–Trinajstić information content (AvgIpc) is 3.28. The van der Waals surface area contributed by atoms with Gasteiger partial charge in [-0.1, -0.05) is 48.5 Å². The van der Waals surface area contributed by atoms with E-state index in [9.17, 15) is 5.11 Å². The molecular weight excluding hydrogens is 352 g/mol. The van der Waals surface area contributed by atoms with Gasteiger partial charge in [-0.3, -0.25) is 5.10 Å². The van der Waals surface area contributed by atoms with E-state index in [1.807, 2.05) is 61.5 Å². The van der Waals surface area contributed by atoms with E-state index in [-0.39, 0.29) is 0 Å². The molecule has 7 heteroatoms. The van der Waals surface area contributed by atoms with Crippen molar-refractivity contribution in [3.8, 4) is 11.4 Å². The molecule has 0 bridgehead atoms. The van der Waals surface area contributed by atoms with Gasteiger partial charge >= 0.3 is 0 Å². The molecule has 4 N–H and O–H groups in total. The lowest BCUT2D eigenvalue weighted by Gasteiger charge is -2.14. The van der Waals surface area contributed by atoms with Crippen LogP contribution in [0.25, 0.3) is 11.4 Å². The van der Waals surface area contributed by atoms with Gasteiger partial charge < -0.3 is 15.7 Å². The number of aliphatic hydroxyl groups is 1. The van der Waals surface area contributed by atoms with Gasteiger partial charge in [-0.25, -0.2) is 9.98 Å². The van der Waals surface area contributed by atoms with Crippen LogP contribution in [0.4, 0.5) is 0 Å². The molecule has 1 atom stereocenters. The predicted molar refractivity (Wildman–Crippen MR) is 111 cm³/mol. The van der Waals surface area contributed by atoms with Crippen LogP contribution >= 0.6 is 0 Å². The summed E-state index contributed by atoms with van der Waals surface area (Å²) < 4.78 is 0. The molecule has 0 radical (unpaired) electrons. The number of nitrogens with one attached hydrogen (secondary N) is 3. The van der Waals surface area contributed by atoms with Gasteiger partial charge in [0, 0.05) is 18.7 Å². The second-order valence-corrected chi connectivity index (χ2v) is 6.37. The number of hydrogen-bond donors (Lipinski definition) is 4. The molecule has 3 aromatic rings. The number of rotatable bonds is 8. The molecule has 1 aromatic heterocycles. The van der Waals surface area contributed by atoms with Crippen LogP contribution < -0.4 is 10.6 Å². The number of aromatic amines is 1. The summed E-state index contributed by atoms with van der Waals surface area (Å²) in [5, 5.41) is 23.6. The van der Waals surface area contributed by atoms with Gasteiger partial charge in [-0.05, 0) is 30.5 Å². The van der Waals surface area contributed by atoms with Crippen molar-refractivity contribution in [2.24, 2.45) is 4.99 Å². The number of nitrogens with zero attached hydrogens (tertiary/aromatic N) is 3. The van der Waals surface area contributed by atoms with E-state index in [0.29, 0.717) is 19.5 Å². The Hall–Kier alpha value is -3.19. The minimum absolute atomic E-state index is 0.491. The maximum Gasteiger partial charge on any atom is 0.191 e. The summed E-state index contributed by atoms with van der Waals surface area (Å²) in [6.45, 7) is 3.96. The summed E-state index contributed by atoms with van der Waals surface area (Å²) in [6, 6.07) is 17.7. The van der Waals surface area contributed by atoms with E-state index in [4.69, 9.17) is 0 Å². The zero-order valence-corrected chi connectivity index (χ0v) is 16.0. The fourth-order valence-corrected chi connectivity index (χ4v) is 2.84. The van der Waals surface area contributed by atoms with Crippen molar-refractivity contribution in [2.45, 2.75) is 26.0 Å². The summed E-state index contributed by atoms with van der Waals surface area (Å²) in [5.74, 6) is 1.47. The van der Waals surface area contributed by atoms with Crippen LogP contribution in [0.3, 0.4) is 0 Å². The number of hydrogen-bond acceptors (Lipinski definition) is 4. The van der Waals surface area contributed by atoms with E-state index in [1.165, 1.54) is 6.33 Å². The molecule has 0 aliphatic rings. The normalized spacial score (nSPS) is 12.6. The molecule has 0 fully saturated rings. The molecule has 0 aliphatic carbocycles. The van der Waals surface area contributed by atoms with Crippen molar-refractivity contribution in [1.29, 1.82) is 0 Å². The molecule has 0 amide bonds. The maximum atomic E-state index is 10.3. The molecule has 2 aromatic carbocycles. The topological polar surface area (TPSA) is 98.2 Å². The highest BCUT2D eigenvalue weighted by molar-refractivity contribution is 5.79. The minimum Gasteiger partial charge on any atom is -0.388 e. The second kappa shape index (κ2) is 10.2. The van der Waals surface area contributed by atoms with Crippen LogP contribution in [0.2, 0.25) is 0 Å². The first-order valence-corrected chi connectivity index (χ1v) is 9.46. The number of guanidine groups is 1. The summed E-state index contributed by atoms with van der Waals surface area (Å²) in [6.07, 6.45) is 1.61. The third-order valence-electron chi connectivity index (χ3n) is 4.27.